The van der Waals surface area contributed by atoms with E-state index in [9.17, 15) is 9.90 Å². The van der Waals surface area contributed by atoms with Crippen molar-refractivity contribution in [1.82, 2.24) is 19.4 Å². The molecule has 0 saturated heterocycles. The van der Waals surface area contributed by atoms with Gasteiger partial charge in [0.2, 0.25) is 0 Å². The maximum absolute atomic E-state index is 11.4. The van der Waals surface area contributed by atoms with Crippen LogP contribution in [-0.4, -0.2) is 30.4 Å². The van der Waals surface area contributed by atoms with Gasteiger partial charge in [0, 0.05) is 34.9 Å². The zero-order chi connectivity index (χ0) is 25.5. The maximum Gasteiger partial charge on any atom is 0.306 e. The molecule has 1 saturated carbocycles. The summed E-state index contributed by atoms with van der Waals surface area (Å²) in [5.74, 6) is 1.03. The molecule has 5 aromatic rings. The summed E-state index contributed by atoms with van der Waals surface area (Å²) in [4.78, 5) is 25.6. The number of halogens is 1. The van der Waals surface area contributed by atoms with Crippen LogP contribution in [-0.2, 0) is 4.79 Å². The van der Waals surface area contributed by atoms with Gasteiger partial charge in [0.25, 0.3) is 0 Å². The summed E-state index contributed by atoms with van der Waals surface area (Å²) in [6.45, 7) is 0. The Kier molecular flexibility index (Phi) is 5.88. The van der Waals surface area contributed by atoms with Gasteiger partial charge in [-0.2, -0.15) is 0 Å². The number of aliphatic carboxylic acids is 1. The molecule has 8 nitrogen and oxygen atoms in total. The van der Waals surface area contributed by atoms with Crippen molar-refractivity contribution >= 4 is 51.3 Å². The first-order valence-corrected chi connectivity index (χ1v) is 12.6. The Balaban J connectivity index is 1.43. The van der Waals surface area contributed by atoms with Crippen molar-refractivity contribution in [3.8, 4) is 11.3 Å². The summed E-state index contributed by atoms with van der Waals surface area (Å²) < 4.78 is 1.98. The highest BCUT2D eigenvalue weighted by Gasteiger charge is 2.30. The number of fused-ring (bicyclic) bond motifs is 2. The van der Waals surface area contributed by atoms with Gasteiger partial charge in [0.1, 0.15) is 28.7 Å². The molecule has 37 heavy (non-hydrogen) atoms. The number of para-hydroxylation sites is 1. The first-order valence-electron chi connectivity index (χ1n) is 12.3. The Hall–Kier alpha value is -4.17. The second-order valence-corrected chi connectivity index (χ2v) is 9.86. The Morgan fingerprint density at radius 2 is 1.84 bits per heavy atom. The molecule has 0 unspecified atom stereocenters. The third-order valence-corrected chi connectivity index (χ3v) is 7.44. The molecule has 9 heteroatoms. The molecule has 3 heterocycles. The number of nitrogens with zero attached hydrogens (tertiary/aromatic N) is 4. The summed E-state index contributed by atoms with van der Waals surface area (Å²) in [5.41, 5.74) is 10.1. The molecule has 0 spiro atoms. The van der Waals surface area contributed by atoms with Gasteiger partial charge in [-0.15, -0.1) is 0 Å². The zero-order valence-electron chi connectivity index (χ0n) is 19.9. The number of hydrogen-bond acceptors (Lipinski definition) is 6. The largest absolute Gasteiger partial charge is 0.481 e. The summed E-state index contributed by atoms with van der Waals surface area (Å²) in [6, 6.07) is 17.6. The first kappa shape index (κ1) is 23.2. The van der Waals surface area contributed by atoms with Crippen LogP contribution in [0.4, 0.5) is 17.3 Å². The van der Waals surface area contributed by atoms with Gasteiger partial charge >= 0.3 is 5.97 Å². The molecule has 1 aliphatic carbocycles. The number of benzene rings is 2. The highest BCUT2D eigenvalue weighted by atomic mass is 35.5. The second kappa shape index (κ2) is 9.37. The number of nitrogens with two attached hydrogens (primary N) is 1. The number of nitrogen functional groups attached to an aromatic ring is 1. The van der Waals surface area contributed by atoms with Crippen LogP contribution in [0.3, 0.4) is 0 Å². The molecule has 0 atom stereocenters. The van der Waals surface area contributed by atoms with Crippen molar-refractivity contribution in [2.75, 3.05) is 11.1 Å². The summed E-state index contributed by atoms with van der Waals surface area (Å²) in [5, 5.41) is 14.2. The SMILES string of the molecule is Nc1nccn2c(C3CCC(C(=O)O)CC3)nc(-c3cc4nc(Nc5ccccc5)ccc4cc3Cl)c12. The fourth-order valence-corrected chi connectivity index (χ4v) is 5.49. The number of nitrogens with one attached hydrogen (secondary N) is 1. The lowest BCUT2D eigenvalue weighted by molar-refractivity contribution is -0.142. The first-order chi connectivity index (χ1) is 18.0. The van der Waals surface area contributed by atoms with E-state index in [1.165, 1.54) is 0 Å². The molecule has 0 amide bonds. The molecular weight excluding hydrogens is 488 g/mol. The number of hydrogen-bond donors (Lipinski definition) is 3. The molecule has 6 rings (SSSR count). The fourth-order valence-electron chi connectivity index (χ4n) is 5.23. The van der Waals surface area contributed by atoms with Crippen LogP contribution >= 0.6 is 11.6 Å². The monoisotopic (exact) mass is 512 g/mol. The molecule has 186 valence electrons. The number of carboxylic acid groups (broad SMARTS) is 1. The number of anilines is 3. The molecule has 2 aromatic carbocycles. The van der Waals surface area contributed by atoms with E-state index in [2.05, 4.69) is 10.3 Å². The minimum atomic E-state index is -0.725. The van der Waals surface area contributed by atoms with Gasteiger partial charge < -0.3 is 16.2 Å². The standard InChI is InChI=1S/C28H25ClN6O2/c29-21-14-18-10-11-23(32-19-4-2-1-3-5-19)33-22(18)15-20(21)24-25-26(30)31-12-13-35(25)27(34-24)16-6-8-17(9-7-16)28(36)37/h1-5,10-17H,6-9H2,(H2,30,31)(H,32,33)(H,36,37). The molecule has 3 aromatic heterocycles. The predicted octanol–water partition coefficient (Wildman–Crippen LogP) is 6.28. The Morgan fingerprint density at radius 3 is 2.59 bits per heavy atom. The van der Waals surface area contributed by atoms with Gasteiger partial charge in [0.05, 0.1) is 16.5 Å². The summed E-state index contributed by atoms with van der Waals surface area (Å²) in [6.07, 6.45) is 6.27. The lowest BCUT2D eigenvalue weighted by Gasteiger charge is -2.25. The van der Waals surface area contributed by atoms with Gasteiger partial charge in [-0.25, -0.2) is 15.0 Å². The quantitative estimate of drug-likeness (QED) is 0.253. The van der Waals surface area contributed by atoms with Crippen molar-refractivity contribution in [3.05, 3.63) is 77.8 Å². The van der Waals surface area contributed by atoms with Gasteiger partial charge in [-0.3, -0.25) is 9.20 Å². The van der Waals surface area contributed by atoms with Crippen LogP contribution in [0, 0.1) is 5.92 Å². The number of pyridine rings is 1. The highest BCUT2D eigenvalue weighted by Crippen LogP contribution is 2.40. The number of rotatable bonds is 5. The number of carbonyl (C=O) groups is 1. The van der Waals surface area contributed by atoms with Gasteiger partial charge in [0.15, 0.2) is 0 Å². The highest BCUT2D eigenvalue weighted by molar-refractivity contribution is 6.34. The van der Waals surface area contributed by atoms with Crippen LogP contribution in [0.5, 0.6) is 0 Å². The number of carboxylic acids is 1. The van der Waals surface area contributed by atoms with Crippen molar-refractivity contribution in [2.24, 2.45) is 5.92 Å². The zero-order valence-corrected chi connectivity index (χ0v) is 20.7. The van der Waals surface area contributed by atoms with Crippen LogP contribution in [0.2, 0.25) is 5.02 Å². The van der Waals surface area contributed by atoms with Crippen molar-refractivity contribution < 1.29 is 9.90 Å². The number of imidazole rings is 1. The molecule has 4 N–H and O–H groups in total. The minimum Gasteiger partial charge on any atom is -0.481 e. The van der Waals surface area contributed by atoms with Crippen molar-refractivity contribution in [3.63, 3.8) is 0 Å². The van der Waals surface area contributed by atoms with E-state index in [1.807, 2.05) is 65.2 Å². The normalized spacial score (nSPS) is 17.8. The van der Waals surface area contributed by atoms with E-state index in [-0.39, 0.29) is 11.8 Å². The summed E-state index contributed by atoms with van der Waals surface area (Å²) in [7, 11) is 0. The molecule has 1 fully saturated rings. The van der Waals surface area contributed by atoms with Crippen molar-refractivity contribution in [2.45, 2.75) is 31.6 Å². The van der Waals surface area contributed by atoms with E-state index < -0.39 is 5.97 Å². The third-order valence-electron chi connectivity index (χ3n) is 7.13. The minimum absolute atomic E-state index is 0.123. The third kappa shape index (κ3) is 4.34. The van der Waals surface area contributed by atoms with Crippen LogP contribution < -0.4 is 11.1 Å². The van der Waals surface area contributed by atoms with Gasteiger partial charge in [-0.1, -0.05) is 29.8 Å². The maximum atomic E-state index is 11.4. The average Bonchev–Trinajstić information content (AvgIpc) is 3.30. The van der Waals surface area contributed by atoms with Crippen LogP contribution in [0.15, 0.2) is 67.0 Å². The molecule has 0 aliphatic heterocycles. The van der Waals surface area contributed by atoms with Crippen molar-refractivity contribution in [1.29, 1.82) is 0 Å². The fraction of sp³-hybridized carbons (Fsp3) is 0.214. The van der Waals surface area contributed by atoms with E-state index >= 15 is 0 Å². The Labute approximate surface area is 218 Å². The molecule has 1 aliphatic rings. The topological polar surface area (TPSA) is 118 Å². The summed E-state index contributed by atoms with van der Waals surface area (Å²) >= 11 is 6.79. The van der Waals surface area contributed by atoms with Crippen LogP contribution in [0.25, 0.3) is 27.7 Å². The lowest BCUT2D eigenvalue weighted by atomic mass is 9.81. The van der Waals surface area contributed by atoms with Gasteiger partial charge in [-0.05, 0) is 62.1 Å². The smallest absolute Gasteiger partial charge is 0.306 e. The lowest BCUT2D eigenvalue weighted by Crippen LogP contribution is -2.21. The van der Waals surface area contributed by atoms with Crippen LogP contribution in [0.1, 0.15) is 37.4 Å². The number of aromatic nitrogens is 4. The average molecular weight is 513 g/mol. The van der Waals surface area contributed by atoms with E-state index in [4.69, 9.17) is 27.3 Å². The molecule has 0 bridgehead atoms. The van der Waals surface area contributed by atoms with E-state index in [0.29, 0.717) is 34.9 Å². The predicted molar refractivity (Wildman–Crippen MR) is 145 cm³/mol. The Morgan fingerprint density at radius 1 is 1.05 bits per heavy atom. The molecule has 0 radical (unpaired) electrons. The second-order valence-electron chi connectivity index (χ2n) is 9.45. The molecular formula is C28H25ClN6O2. The Bertz CT molecular complexity index is 1630. The van der Waals surface area contributed by atoms with E-state index in [1.54, 1.807) is 6.20 Å². The van der Waals surface area contributed by atoms with E-state index in [0.717, 1.165) is 46.6 Å².